The van der Waals surface area contributed by atoms with E-state index in [1.807, 2.05) is 0 Å². The zero-order chi connectivity index (χ0) is 7.11. The number of nitrogens with one attached hydrogen (secondary N) is 1. The largest absolute Gasteiger partial charge is 0.359 e. The van der Waals surface area contributed by atoms with E-state index >= 15 is 0 Å². The molecule has 0 aromatic rings. The van der Waals surface area contributed by atoms with Crippen LogP contribution in [-0.4, -0.2) is 26.5 Å². The summed E-state index contributed by atoms with van der Waals surface area (Å²) in [6, 6.07) is 0. The highest BCUT2D eigenvalue weighted by molar-refractivity contribution is 5.72. The highest BCUT2D eigenvalue weighted by Gasteiger charge is 1.86. The molecule has 0 saturated carbocycles. The third-order valence-electron chi connectivity index (χ3n) is 0.624. The van der Waals surface area contributed by atoms with E-state index in [0.29, 0.717) is 0 Å². The molecule has 0 aromatic heterocycles. The van der Waals surface area contributed by atoms with Crippen molar-refractivity contribution in [2.24, 2.45) is 0 Å². The first-order valence-electron chi connectivity index (χ1n) is 2.58. The Bertz CT molecular complexity index is 84.3. The Labute approximate surface area is 54.1 Å². The first-order chi connectivity index (χ1) is 4.27. The van der Waals surface area contributed by atoms with Crippen molar-refractivity contribution in [2.45, 2.75) is 6.92 Å². The first-order valence-corrected chi connectivity index (χ1v) is 2.58. The van der Waals surface area contributed by atoms with Gasteiger partial charge in [-0.05, 0) is 0 Å². The molecule has 0 bridgehead atoms. The Balaban J connectivity index is 2.83. The number of carbonyl (C=O) groups is 1. The van der Waals surface area contributed by atoms with E-state index in [9.17, 15) is 4.79 Å². The van der Waals surface area contributed by atoms with Crippen LogP contribution in [0, 0.1) is 0 Å². The summed E-state index contributed by atoms with van der Waals surface area (Å²) >= 11 is 0. The van der Waals surface area contributed by atoms with Gasteiger partial charge in [0.15, 0.2) is 0 Å². The van der Waals surface area contributed by atoms with E-state index in [4.69, 9.17) is 4.74 Å². The van der Waals surface area contributed by atoms with Crippen LogP contribution >= 0.6 is 0 Å². The molecule has 54 valence electrons. The lowest BCUT2D eigenvalue weighted by Crippen LogP contribution is -2.23. The molecule has 1 N–H and O–H groups in total. The molecule has 9 heavy (non-hydrogen) atoms. The summed E-state index contributed by atoms with van der Waals surface area (Å²) in [7, 11) is 1.52. The Morgan fingerprint density at radius 1 is 1.67 bits per heavy atom. The molecule has 0 radical (unpaired) electrons. The summed E-state index contributed by atoms with van der Waals surface area (Å²) in [6.45, 7) is 1.85. The Morgan fingerprint density at radius 3 is 2.78 bits per heavy atom. The zero-order valence-corrected chi connectivity index (χ0v) is 5.64. The molecule has 0 rings (SSSR count). The summed E-state index contributed by atoms with van der Waals surface area (Å²) in [4.78, 5) is 10.2. The maximum absolute atomic E-state index is 10.2. The van der Waals surface area contributed by atoms with Gasteiger partial charge in [-0.3, -0.25) is 4.79 Å². The molecule has 0 heterocycles. The maximum Gasteiger partial charge on any atom is 0.218 e. The molecule has 1 amide bonds. The second-order valence-corrected chi connectivity index (χ2v) is 1.49. The number of hydrogen-bond acceptors (Lipinski definition) is 3. The van der Waals surface area contributed by atoms with Crippen LogP contribution in [0.1, 0.15) is 6.92 Å². The molecular weight excluding hydrogens is 122 g/mol. The molecule has 0 aromatic carbocycles. The van der Waals surface area contributed by atoms with Gasteiger partial charge >= 0.3 is 0 Å². The second kappa shape index (κ2) is 5.53. The van der Waals surface area contributed by atoms with Crippen molar-refractivity contribution >= 4 is 5.91 Å². The molecule has 0 fully saturated rings. The molecular formula is C5H11NO3. The number of ether oxygens (including phenoxy) is 2. The lowest BCUT2D eigenvalue weighted by molar-refractivity contribution is -0.122. The summed E-state index contributed by atoms with van der Waals surface area (Å²) in [5.74, 6) is -0.105. The van der Waals surface area contributed by atoms with Crippen LogP contribution in [0.5, 0.6) is 0 Å². The fourth-order valence-corrected chi connectivity index (χ4v) is 0.278. The Morgan fingerprint density at radius 2 is 2.33 bits per heavy atom. The predicted octanol–water partition coefficient (Wildman–Crippen LogP) is -0.300. The fraction of sp³-hybridized carbons (Fsp3) is 0.800. The van der Waals surface area contributed by atoms with Gasteiger partial charge in [-0.2, -0.15) is 0 Å². The fourth-order valence-electron chi connectivity index (χ4n) is 0.278. The third kappa shape index (κ3) is 7.39. The van der Waals surface area contributed by atoms with Gasteiger partial charge in [0.25, 0.3) is 0 Å². The number of rotatable bonds is 4. The third-order valence-corrected chi connectivity index (χ3v) is 0.624. The van der Waals surface area contributed by atoms with Gasteiger partial charge in [0.1, 0.15) is 13.5 Å². The highest BCUT2D eigenvalue weighted by atomic mass is 16.7. The number of hydrogen-bond donors (Lipinski definition) is 1. The summed E-state index contributed by atoms with van der Waals surface area (Å²) in [5, 5.41) is 2.44. The minimum Gasteiger partial charge on any atom is -0.359 e. The maximum atomic E-state index is 10.2. The SMILES string of the molecule is COCOCNC(C)=O. The summed E-state index contributed by atoms with van der Waals surface area (Å²) in [5.41, 5.74) is 0. The molecule has 0 aliphatic heterocycles. The molecule has 4 heteroatoms. The van der Waals surface area contributed by atoms with Crippen LogP contribution in [0.3, 0.4) is 0 Å². The van der Waals surface area contributed by atoms with Gasteiger partial charge in [0.2, 0.25) is 5.91 Å². The Hall–Kier alpha value is -0.610. The van der Waals surface area contributed by atoms with Gasteiger partial charge in [-0.1, -0.05) is 0 Å². The van der Waals surface area contributed by atoms with Crippen LogP contribution in [0.25, 0.3) is 0 Å². The standard InChI is InChI=1S/C5H11NO3/c1-5(7)6-3-9-4-8-2/h3-4H2,1-2H3,(H,6,7). The molecule has 0 spiro atoms. The van der Waals surface area contributed by atoms with E-state index < -0.39 is 0 Å². The zero-order valence-electron chi connectivity index (χ0n) is 5.64. The van der Waals surface area contributed by atoms with Gasteiger partial charge in [0, 0.05) is 14.0 Å². The summed E-state index contributed by atoms with van der Waals surface area (Å²) in [6.07, 6.45) is 0. The van der Waals surface area contributed by atoms with E-state index in [1.54, 1.807) is 0 Å². The van der Waals surface area contributed by atoms with Gasteiger partial charge < -0.3 is 14.8 Å². The topological polar surface area (TPSA) is 47.6 Å². The molecule has 0 aliphatic carbocycles. The lowest BCUT2D eigenvalue weighted by Gasteiger charge is -2.01. The second-order valence-electron chi connectivity index (χ2n) is 1.49. The number of methoxy groups -OCH3 is 1. The van der Waals surface area contributed by atoms with Crippen molar-refractivity contribution in [3.63, 3.8) is 0 Å². The van der Waals surface area contributed by atoms with Crippen LogP contribution in [0.4, 0.5) is 0 Å². The van der Waals surface area contributed by atoms with E-state index in [2.05, 4.69) is 10.1 Å². The average molecular weight is 133 g/mol. The first kappa shape index (κ1) is 8.39. The molecule has 0 atom stereocenters. The van der Waals surface area contributed by atoms with Crippen LogP contribution in [0.15, 0.2) is 0 Å². The highest BCUT2D eigenvalue weighted by Crippen LogP contribution is 1.69. The van der Waals surface area contributed by atoms with Crippen LogP contribution < -0.4 is 5.32 Å². The van der Waals surface area contributed by atoms with Crippen molar-refractivity contribution in [1.29, 1.82) is 0 Å². The van der Waals surface area contributed by atoms with E-state index in [-0.39, 0.29) is 19.4 Å². The van der Waals surface area contributed by atoms with Crippen molar-refractivity contribution in [2.75, 3.05) is 20.6 Å². The van der Waals surface area contributed by atoms with Crippen molar-refractivity contribution < 1.29 is 14.3 Å². The van der Waals surface area contributed by atoms with E-state index in [0.717, 1.165) is 0 Å². The Kier molecular flexibility index (Phi) is 5.15. The lowest BCUT2D eigenvalue weighted by atomic mass is 10.7. The van der Waals surface area contributed by atoms with E-state index in [1.165, 1.54) is 14.0 Å². The predicted molar refractivity (Wildman–Crippen MR) is 31.6 cm³/mol. The van der Waals surface area contributed by atoms with Gasteiger partial charge in [0.05, 0.1) is 0 Å². The van der Waals surface area contributed by atoms with Crippen LogP contribution in [0.2, 0.25) is 0 Å². The van der Waals surface area contributed by atoms with Gasteiger partial charge in [-0.15, -0.1) is 0 Å². The van der Waals surface area contributed by atoms with Crippen molar-refractivity contribution in [1.82, 2.24) is 5.32 Å². The van der Waals surface area contributed by atoms with Crippen molar-refractivity contribution in [3.05, 3.63) is 0 Å². The minimum absolute atomic E-state index is 0.105. The quantitative estimate of drug-likeness (QED) is 0.423. The smallest absolute Gasteiger partial charge is 0.218 e. The molecule has 0 aliphatic rings. The minimum atomic E-state index is -0.105. The molecule has 0 unspecified atom stereocenters. The van der Waals surface area contributed by atoms with Gasteiger partial charge in [-0.25, -0.2) is 0 Å². The molecule has 4 nitrogen and oxygen atoms in total. The average Bonchev–Trinajstić information content (AvgIpc) is 1.80. The summed E-state index contributed by atoms with van der Waals surface area (Å²) < 4.78 is 9.29. The normalized spacial score (nSPS) is 9.11. The number of carbonyl (C=O) groups excluding carboxylic acids is 1. The van der Waals surface area contributed by atoms with Crippen LogP contribution in [-0.2, 0) is 14.3 Å². The number of amides is 1. The monoisotopic (exact) mass is 133 g/mol. The van der Waals surface area contributed by atoms with Crippen molar-refractivity contribution in [3.8, 4) is 0 Å². The molecule has 0 saturated heterocycles.